The second kappa shape index (κ2) is 9.62. The van der Waals surface area contributed by atoms with E-state index in [2.05, 4.69) is 5.32 Å². The minimum Gasteiger partial charge on any atom is -0.497 e. The van der Waals surface area contributed by atoms with Crippen LogP contribution in [-0.2, 0) is 14.3 Å². The van der Waals surface area contributed by atoms with E-state index in [0.717, 1.165) is 25.7 Å². The highest BCUT2D eigenvalue weighted by molar-refractivity contribution is 5.99. The van der Waals surface area contributed by atoms with Gasteiger partial charge in [-0.15, -0.1) is 0 Å². The molecule has 0 aromatic heterocycles. The van der Waals surface area contributed by atoms with E-state index in [1.165, 1.54) is 19.4 Å². The summed E-state index contributed by atoms with van der Waals surface area (Å²) in [6.07, 6.45) is 5.77. The molecule has 1 fully saturated rings. The lowest BCUT2D eigenvalue weighted by Crippen LogP contribution is -2.42. The average Bonchev–Trinajstić information content (AvgIpc) is 2.67. The molecule has 138 valence electrons. The number of hydrogen-bond donors (Lipinski definition) is 1. The monoisotopic (exact) mass is 356 g/mol. The number of benzene rings is 1. The summed E-state index contributed by atoms with van der Waals surface area (Å²) in [7, 11) is 1.56. The molecular formula is C20H24N2O4. The molecule has 0 spiro atoms. The van der Waals surface area contributed by atoms with E-state index in [9.17, 15) is 14.9 Å². The minimum absolute atomic E-state index is 0.141. The van der Waals surface area contributed by atoms with Crippen molar-refractivity contribution in [2.45, 2.75) is 51.2 Å². The van der Waals surface area contributed by atoms with Gasteiger partial charge in [-0.3, -0.25) is 4.79 Å². The van der Waals surface area contributed by atoms with Gasteiger partial charge >= 0.3 is 5.97 Å². The van der Waals surface area contributed by atoms with Crippen molar-refractivity contribution in [3.05, 3.63) is 35.4 Å². The maximum atomic E-state index is 12.2. The largest absolute Gasteiger partial charge is 0.497 e. The van der Waals surface area contributed by atoms with E-state index >= 15 is 0 Å². The zero-order valence-corrected chi connectivity index (χ0v) is 15.2. The Morgan fingerprint density at radius 2 is 1.88 bits per heavy atom. The highest BCUT2D eigenvalue weighted by Gasteiger charge is 2.23. The molecule has 0 aliphatic heterocycles. The van der Waals surface area contributed by atoms with E-state index < -0.39 is 12.1 Å². The topological polar surface area (TPSA) is 88.4 Å². The van der Waals surface area contributed by atoms with Crippen molar-refractivity contribution in [1.29, 1.82) is 5.26 Å². The maximum Gasteiger partial charge on any atom is 0.349 e. The molecule has 1 atom stereocenters. The van der Waals surface area contributed by atoms with E-state index in [0.29, 0.717) is 11.3 Å². The van der Waals surface area contributed by atoms with Crippen LogP contribution in [0.4, 0.5) is 0 Å². The van der Waals surface area contributed by atoms with Gasteiger partial charge in [0.05, 0.1) is 7.11 Å². The van der Waals surface area contributed by atoms with Crippen LogP contribution in [0.1, 0.15) is 44.6 Å². The summed E-state index contributed by atoms with van der Waals surface area (Å²) in [6, 6.07) is 8.88. The number of carbonyl (C=O) groups is 2. The quantitative estimate of drug-likeness (QED) is 0.481. The van der Waals surface area contributed by atoms with Gasteiger partial charge in [-0.25, -0.2) is 4.79 Å². The Bertz CT molecular complexity index is 698. The molecule has 6 nitrogen and oxygen atoms in total. The third kappa shape index (κ3) is 5.62. The van der Waals surface area contributed by atoms with Crippen molar-refractivity contribution in [3.8, 4) is 11.8 Å². The Hall–Kier alpha value is -2.81. The summed E-state index contributed by atoms with van der Waals surface area (Å²) in [5.41, 5.74) is 0.506. The van der Waals surface area contributed by atoms with Crippen molar-refractivity contribution in [3.63, 3.8) is 0 Å². The van der Waals surface area contributed by atoms with Crippen molar-refractivity contribution >= 4 is 18.0 Å². The molecule has 1 amide bonds. The van der Waals surface area contributed by atoms with Gasteiger partial charge < -0.3 is 14.8 Å². The van der Waals surface area contributed by atoms with Crippen LogP contribution >= 0.6 is 0 Å². The lowest BCUT2D eigenvalue weighted by Gasteiger charge is -2.24. The average molecular weight is 356 g/mol. The normalized spacial score (nSPS) is 16.3. The first-order valence-corrected chi connectivity index (χ1v) is 8.80. The Kier molecular flexibility index (Phi) is 7.22. The number of amides is 1. The van der Waals surface area contributed by atoms with Crippen molar-refractivity contribution in [2.75, 3.05) is 7.11 Å². The number of esters is 1. The first-order valence-electron chi connectivity index (χ1n) is 8.80. The fraction of sp³-hybridized carbons (Fsp3) is 0.450. The van der Waals surface area contributed by atoms with Gasteiger partial charge in [0.25, 0.3) is 5.91 Å². The van der Waals surface area contributed by atoms with Crippen LogP contribution in [-0.4, -0.2) is 31.1 Å². The predicted octanol–water partition coefficient (Wildman–Crippen LogP) is 2.98. The van der Waals surface area contributed by atoms with Crippen LogP contribution in [0.2, 0.25) is 0 Å². The summed E-state index contributed by atoms with van der Waals surface area (Å²) in [4.78, 5) is 24.4. The SMILES string of the molecule is COc1ccc(/C=C(\C#N)C(=O)OC(C)C(=O)NC2CCCCC2)cc1. The molecule has 1 aliphatic rings. The fourth-order valence-corrected chi connectivity index (χ4v) is 2.85. The third-order valence-corrected chi connectivity index (χ3v) is 4.37. The Balaban J connectivity index is 1.95. The molecule has 26 heavy (non-hydrogen) atoms. The van der Waals surface area contributed by atoms with Crippen LogP contribution in [0.3, 0.4) is 0 Å². The lowest BCUT2D eigenvalue weighted by atomic mass is 9.95. The molecule has 0 radical (unpaired) electrons. The number of methoxy groups -OCH3 is 1. The summed E-state index contributed by atoms with van der Waals surface area (Å²) in [5.74, 6) is -0.460. The molecule has 1 unspecified atom stereocenters. The van der Waals surface area contributed by atoms with Crippen LogP contribution < -0.4 is 10.1 Å². The number of ether oxygens (including phenoxy) is 2. The maximum absolute atomic E-state index is 12.2. The summed E-state index contributed by atoms with van der Waals surface area (Å²) < 4.78 is 10.2. The molecule has 1 N–H and O–H groups in total. The smallest absolute Gasteiger partial charge is 0.349 e. The standard InChI is InChI=1S/C20H24N2O4/c1-14(19(23)22-17-6-4-3-5-7-17)26-20(24)16(13-21)12-15-8-10-18(25-2)11-9-15/h8-12,14,17H,3-7H2,1-2H3,(H,22,23)/b16-12+. The minimum atomic E-state index is -0.947. The van der Waals surface area contributed by atoms with Gasteiger partial charge in [-0.1, -0.05) is 31.4 Å². The van der Waals surface area contributed by atoms with Crippen LogP contribution in [0.15, 0.2) is 29.8 Å². The van der Waals surface area contributed by atoms with Gasteiger partial charge in [-0.2, -0.15) is 5.26 Å². The summed E-state index contributed by atoms with van der Waals surface area (Å²) >= 11 is 0. The molecule has 0 heterocycles. The third-order valence-electron chi connectivity index (χ3n) is 4.37. The van der Waals surface area contributed by atoms with Crippen LogP contribution in [0.5, 0.6) is 5.75 Å². The van der Waals surface area contributed by atoms with E-state index in [1.807, 2.05) is 6.07 Å². The van der Waals surface area contributed by atoms with Gasteiger partial charge in [0, 0.05) is 6.04 Å². The Morgan fingerprint density at radius 1 is 1.23 bits per heavy atom. The first kappa shape index (κ1) is 19.5. The van der Waals surface area contributed by atoms with Gasteiger partial charge in [0.1, 0.15) is 17.4 Å². The second-order valence-electron chi connectivity index (χ2n) is 6.33. The zero-order chi connectivity index (χ0) is 18.9. The van der Waals surface area contributed by atoms with Gasteiger partial charge in [0.2, 0.25) is 0 Å². The summed E-state index contributed by atoms with van der Waals surface area (Å²) in [5, 5.41) is 12.1. The predicted molar refractivity (Wildman–Crippen MR) is 97.2 cm³/mol. The van der Waals surface area contributed by atoms with Gasteiger partial charge in [-0.05, 0) is 43.5 Å². The first-order chi connectivity index (χ1) is 12.5. The lowest BCUT2D eigenvalue weighted by molar-refractivity contribution is -0.151. The molecule has 1 aromatic rings. The number of hydrogen-bond acceptors (Lipinski definition) is 5. The zero-order valence-electron chi connectivity index (χ0n) is 15.2. The molecule has 2 rings (SSSR count). The van der Waals surface area contributed by atoms with E-state index in [1.54, 1.807) is 31.4 Å². The van der Waals surface area contributed by atoms with Crippen molar-refractivity contribution in [2.24, 2.45) is 0 Å². The Labute approximate surface area is 153 Å². The van der Waals surface area contributed by atoms with E-state index in [-0.39, 0.29) is 17.5 Å². The molecule has 0 bridgehead atoms. The van der Waals surface area contributed by atoms with E-state index in [4.69, 9.17) is 9.47 Å². The van der Waals surface area contributed by atoms with Crippen molar-refractivity contribution in [1.82, 2.24) is 5.32 Å². The van der Waals surface area contributed by atoms with Crippen molar-refractivity contribution < 1.29 is 19.1 Å². The van der Waals surface area contributed by atoms with Crippen LogP contribution in [0, 0.1) is 11.3 Å². The molecule has 0 saturated heterocycles. The van der Waals surface area contributed by atoms with Crippen LogP contribution in [0.25, 0.3) is 6.08 Å². The number of rotatable bonds is 6. The fourth-order valence-electron chi connectivity index (χ4n) is 2.85. The number of carbonyl (C=O) groups excluding carboxylic acids is 2. The highest BCUT2D eigenvalue weighted by Crippen LogP contribution is 2.18. The molecule has 1 aromatic carbocycles. The molecule has 6 heteroatoms. The molecule has 1 saturated carbocycles. The number of nitriles is 1. The second-order valence-corrected chi connectivity index (χ2v) is 6.33. The Morgan fingerprint density at radius 3 is 2.46 bits per heavy atom. The molecule has 1 aliphatic carbocycles. The molecular weight excluding hydrogens is 332 g/mol. The summed E-state index contributed by atoms with van der Waals surface area (Å²) in [6.45, 7) is 1.51. The number of nitrogens with zero attached hydrogens (tertiary/aromatic N) is 1. The highest BCUT2D eigenvalue weighted by atomic mass is 16.5. The van der Waals surface area contributed by atoms with Gasteiger partial charge in [0.15, 0.2) is 6.10 Å². The number of nitrogens with one attached hydrogen (secondary N) is 1.